The summed E-state index contributed by atoms with van der Waals surface area (Å²) in [6.07, 6.45) is 2.58. The molecule has 0 amide bonds. The Balaban J connectivity index is 1.94. The van der Waals surface area contributed by atoms with Gasteiger partial charge in [0, 0.05) is 17.7 Å². The van der Waals surface area contributed by atoms with Crippen molar-refractivity contribution in [2.24, 2.45) is 0 Å². The molecule has 3 aromatic rings. The van der Waals surface area contributed by atoms with E-state index < -0.39 is 17.7 Å². The molecule has 2 heterocycles. The van der Waals surface area contributed by atoms with Gasteiger partial charge in [0.25, 0.3) is 0 Å². The van der Waals surface area contributed by atoms with Crippen molar-refractivity contribution in [1.29, 1.82) is 0 Å². The summed E-state index contributed by atoms with van der Waals surface area (Å²) in [5, 5.41) is 1.35. The van der Waals surface area contributed by atoms with E-state index in [1.54, 1.807) is 45.0 Å². The van der Waals surface area contributed by atoms with Crippen LogP contribution >= 0.6 is 0 Å². The summed E-state index contributed by atoms with van der Waals surface area (Å²) >= 11 is 0. The molecule has 0 spiro atoms. The molecule has 6 nitrogen and oxygen atoms in total. The number of fused-ring (bicyclic) bond motifs is 2. The summed E-state index contributed by atoms with van der Waals surface area (Å²) in [5.74, 6) is 0.0662. The zero-order chi connectivity index (χ0) is 19.6. The first kappa shape index (κ1) is 18.5. The maximum Gasteiger partial charge on any atom is 0.336 e. The van der Waals surface area contributed by atoms with Crippen molar-refractivity contribution < 1.29 is 23.1 Å². The van der Waals surface area contributed by atoms with Gasteiger partial charge in [-0.3, -0.25) is 0 Å². The van der Waals surface area contributed by atoms with Crippen LogP contribution in [0.3, 0.4) is 0 Å². The molecule has 0 aliphatic rings. The molecule has 0 radical (unpaired) electrons. The highest BCUT2D eigenvalue weighted by atomic mass is 16.6. The Morgan fingerprint density at radius 3 is 2.67 bits per heavy atom. The van der Waals surface area contributed by atoms with E-state index in [-0.39, 0.29) is 6.61 Å². The smallest absolute Gasteiger partial charge is 0.336 e. The molecule has 1 unspecified atom stereocenters. The Morgan fingerprint density at radius 2 is 1.96 bits per heavy atom. The van der Waals surface area contributed by atoms with Gasteiger partial charge in [-0.2, -0.15) is 0 Å². The fraction of sp³-hybridized carbons (Fsp3) is 0.238. The summed E-state index contributed by atoms with van der Waals surface area (Å²) in [5.41, 5.74) is 1.58. The van der Waals surface area contributed by atoms with Crippen LogP contribution in [-0.4, -0.2) is 18.7 Å². The summed E-state index contributed by atoms with van der Waals surface area (Å²) in [7, 11) is 0. The number of carbonyl (C=O) groups is 1. The topological polar surface area (TPSA) is 78.9 Å². The zero-order valence-electron chi connectivity index (χ0n) is 15.4. The van der Waals surface area contributed by atoms with E-state index >= 15 is 0 Å². The normalized spacial score (nSPS) is 12.9. The molecule has 1 aromatic carbocycles. The van der Waals surface area contributed by atoms with Gasteiger partial charge in [0.1, 0.15) is 23.5 Å². The molecule has 0 saturated carbocycles. The van der Waals surface area contributed by atoms with Crippen molar-refractivity contribution in [1.82, 2.24) is 0 Å². The third-order valence-electron chi connectivity index (χ3n) is 4.24. The lowest BCUT2D eigenvalue weighted by Crippen LogP contribution is -2.26. The van der Waals surface area contributed by atoms with E-state index in [2.05, 4.69) is 6.58 Å². The minimum atomic E-state index is -0.625. The third-order valence-corrected chi connectivity index (χ3v) is 4.24. The second-order valence-corrected chi connectivity index (χ2v) is 6.23. The second kappa shape index (κ2) is 7.53. The molecule has 0 fully saturated rings. The first-order valence-corrected chi connectivity index (χ1v) is 8.47. The van der Waals surface area contributed by atoms with Gasteiger partial charge in [-0.1, -0.05) is 12.7 Å². The van der Waals surface area contributed by atoms with E-state index in [9.17, 15) is 9.59 Å². The Morgan fingerprint density at radius 1 is 1.22 bits per heavy atom. The van der Waals surface area contributed by atoms with Gasteiger partial charge >= 0.3 is 11.6 Å². The fourth-order valence-corrected chi connectivity index (χ4v) is 2.54. The maximum absolute atomic E-state index is 12.1. The molecule has 0 aliphatic heterocycles. The van der Waals surface area contributed by atoms with Crippen molar-refractivity contribution in [3.63, 3.8) is 0 Å². The molecule has 0 N–H and O–H groups in total. The van der Waals surface area contributed by atoms with E-state index in [4.69, 9.17) is 18.3 Å². The molecule has 0 aliphatic carbocycles. The lowest BCUT2D eigenvalue weighted by Gasteiger charge is -2.19. The predicted octanol–water partition coefficient (Wildman–Crippen LogP) is 4.37. The molecular weight excluding hydrogens is 348 g/mol. The number of hydrogen-bond donors (Lipinski definition) is 0. The zero-order valence-corrected chi connectivity index (χ0v) is 15.4. The summed E-state index contributed by atoms with van der Waals surface area (Å²) in [6.45, 7) is 9.16. The minimum Gasteiger partial charge on any atom is -0.488 e. The molecular formula is C21H20O6. The first-order chi connectivity index (χ1) is 12.9. The van der Waals surface area contributed by atoms with E-state index in [0.29, 0.717) is 33.4 Å². The van der Waals surface area contributed by atoms with Gasteiger partial charge < -0.3 is 18.3 Å². The highest BCUT2D eigenvalue weighted by Crippen LogP contribution is 2.35. The van der Waals surface area contributed by atoms with Gasteiger partial charge in [0.15, 0.2) is 6.10 Å². The highest BCUT2D eigenvalue weighted by Gasteiger charge is 2.20. The van der Waals surface area contributed by atoms with Crippen molar-refractivity contribution in [2.75, 3.05) is 6.61 Å². The molecule has 0 bridgehead atoms. The van der Waals surface area contributed by atoms with Gasteiger partial charge in [0.2, 0.25) is 0 Å². The number of benzene rings is 1. The van der Waals surface area contributed by atoms with Crippen LogP contribution in [0.1, 0.15) is 20.8 Å². The van der Waals surface area contributed by atoms with Gasteiger partial charge in [-0.15, -0.1) is 0 Å². The summed E-state index contributed by atoms with van der Waals surface area (Å²) < 4.78 is 22.1. The fourth-order valence-electron chi connectivity index (χ4n) is 2.54. The van der Waals surface area contributed by atoms with Crippen LogP contribution in [0.2, 0.25) is 0 Å². The number of ether oxygens (including phenoxy) is 2. The monoisotopic (exact) mass is 368 g/mol. The van der Waals surface area contributed by atoms with E-state index in [1.807, 2.05) is 0 Å². The SMILES string of the molecule is C=C(C)C(COc1c2ccoc2cc2oc(=O)ccc12)OC(=O)C(C)=CC. The van der Waals surface area contributed by atoms with Crippen molar-refractivity contribution in [3.8, 4) is 5.75 Å². The Hall–Kier alpha value is -3.28. The minimum absolute atomic E-state index is 0.0661. The van der Waals surface area contributed by atoms with Crippen molar-refractivity contribution in [2.45, 2.75) is 26.9 Å². The maximum atomic E-state index is 12.1. The molecule has 0 saturated heterocycles. The predicted molar refractivity (Wildman–Crippen MR) is 102 cm³/mol. The number of furan rings is 1. The van der Waals surface area contributed by atoms with Crippen LogP contribution in [0, 0.1) is 0 Å². The van der Waals surface area contributed by atoms with Crippen molar-refractivity contribution >= 4 is 27.9 Å². The van der Waals surface area contributed by atoms with Gasteiger partial charge in [-0.05, 0) is 38.5 Å². The van der Waals surface area contributed by atoms with Crippen LogP contribution in [0.15, 0.2) is 68.0 Å². The van der Waals surface area contributed by atoms with Gasteiger partial charge in [0.05, 0.1) is 17.0 Å². The lowest BCUT2D eigenvalue weighted by atomic mass is 10.1. The van der Waals surface area contributed by atoms with Gasteiger partial charge in [-0.25, -0.2) is 9.59 Å². The first-order valence-electron chi connectivity index (χ1n) is 8.47. The third kappa shape index (κ3) is 3.79. The molecule has 3 rings (SSSR count). The average Bonchev–Trinajstić information content (AvgIpc) is 3.10. The van der Waals surface area contributed by atoms with Crippen LogP contribution in [0.5, 0.6) is 5.75 Å². The average molecular weight is 368 g/mol. The molecule has 27 heavy (non-hydrogen) atoms. The van der Waals surface area contributed by atoms with Crippen molar-refractivity contribution in [3.05, 3.63) is 64.7 Å². The van der Waals surface area contributed by atoms with Crippen LogP contribution in [0.25, 0.3) is 21.9 Å². The Kier molecular flexibility index (Phi) is 5.16. The molecule has 6 heteroatoms. The second-order valence-electron chi connectivity index (χ2n) is 6.23. The summed E-state index contributed by atoms with van der Waals surface area (Å²) in [4.78, 5) is 23.6. The number of carbonyl (C=O) groups excluding carboxylic acids is 1. The largest absolute Gasteiger partial charge is 0.488 e. The number of hydrogen-bond acceptors (Lipinski definition) is 6. The van der Waals surface area contributed by atoms with Crippen LogP contribution in [-0.2, 0) is 9.53 Å². The molecule has 2 aromatic heterocycles. The molecule has 1 atom stereocenters. The molecule has 140 valence electrons. The van der Waals surface area contributed by atoms with Crippen LogP contribution < -0.4 is 10.4 Å². The van der Waals surface area contributed by atoms with E-state index in [1.165, 1.54) is 12.3 Å². The quantitative estimate of drug-likeness (QED) is 0.278. The summed E-state index contributed by atoms with van der Waals surface area (Å²) in [6, 6.07) is 6.37. The highest BCUT2D eigenvalue weighted by molar-refractivity contribution is 6.01. The van der Waals surface area contributed by atoms with E-state index in [0.717, 1.165) is 5.39 Å². The number of esters is 1. The Bertz CT molecular complexity index is 1100. The number of allylic oxidation sites excluding steroid dienone is 1. The van der Waals surface area contributed by atoms with Crippen LogP contribution in [0.4, 0.5) is 0 Å². The standard InChI is InChI=1S/C21H20O6/c1-5-13(4)21(23)27-18(12(2)3)11-25-20-14-6-7-19(22)26-17(14)10-16-15(20)8-9-24-16/h5-10,18H,2,11H2,1,3-4H3. The lowest BCUT2D eigenvalue weighted by molar-refractivity contribution is -0.143. The Labute approximate surface area is 155 Å². The number of rotatable bonds is 6.